The lowest BCUT2D eigenvalue weighted by Crippen LogP contribution is -2.40. The molecule has 0 fully saturated rings. The van der Waals surface area contributed by atoms with Crippen molar-refractivity contribution < 1.29 is 23.7 Å². The number of thiazole rings is 1. The summed E-state index contributed by atoms with van der Waals surface area (Å²) in [4.78, 5) is 33.0. The second-order valence-corrected chi connectivity index (χ2v) is 10.4. The molecule has 0 aliphatic carbocycles. The van der Waals surface area contributed by atoms with Crippen molar-refractivity contribution in [1.82, 2.24) is 4.57 Å². The summed E-state index contributed by atoms with van der Waals surface area (Å²) in [5, 5.41) is 2.97. The van der Waals surface area contributed by atoms with Crippen LogP contribution in [0.3, 0.4) is 0 Å². The Labute approximate surface area is 247 Å². The SMILES string of the molecule is CCOc1ccc([C@H]2C(C(=O)Nc3ccccc3)=C(C)N=c3s/c(=C\c4cc(OC)c(OC)c(OC)c4)c(=O)n32)cc1. The molecule has 1 atom stereocenters. The van der Waals surface area contributed by atoms with Crippen molar-refractivity contribution in [2.24, 2.45) is 4.99 Å². The monoisotopic (exact) mass is 585 g/mol. The van der Waals surface area contributed by atoms with Crippen molar-refractivity contribution in [3.8, 4) is 23.0 Å². The lowest BCUT2D eigenvalue weighted by atomic mass is 9.95. The molecule has 2 heterocycles. The number of hydrogen-bond donors (Lipinski definition) is 1. The highest BCUT2D eigenvalue weighted by Gasteiger charge is 2.32. The maximum atomic E-state index is 14.1. The number of rotatable bonds is 9. The Morgan fingerprint density at radius 2 is 1.67 bits per heavy atom. The summed E-state index contributed by atoms with van der Waals surface area (Å²) in [5.74, 6) is 1.77. The number of benzene rings is 3. The van der Waals surface area contributed by atoms with Crippen LogP contribution in [0.5, 0.6) is 23.0 Å². The van der Waals surface area contributed by atoms with Gasteiger partial charge in [-0.2, -0.15) is 0 Å². The second kappa shape index (κ2) is 12.4. The molecule has 1 aliphatic heterocycles. The molecule has 0 unspecified atom stereocenters. The molecule has 1 amide bonds. The highest BCUT2D eigenvalue weighted by atomic mass is 32.1. The normalized spacial score (nSPS) is 14.6. The molecule has 0 radical (unpaired) electrons. The van der Waals surface area contributed by atoms with Crippen molar-refractivity contribution in [2.45, 2.75) is 19.9 Å². The number of nitrogens with zero attached hydrogens (tertiary/aromatic N) is 2. The standard InChI is InChI=1S/C32H31N3O6S/c1-6-41-23-14-12-21(13-15-23)28-27(30(36)34-22-10-8-7-9-11-22)19(2)33-32-35(28)31(37)26(42-32)18-20-16-24(38-3)29(40-5)25(17-20)39-4/h7-18,28H,6H2,1-5H3,(H,34,36)/b26-18-/t28-/m0/s1. The van der Waals surface area contributed by atoms with Gasteiger partial charge in [-0.25, -0.2) is 4.99 Å². The Morgan fingerprint density at radius 3 is 2.26 bits per heavy atom. The molecule has 4 aromatic rings. The molecular formula is C32H31N3O6S. The zero-order valence-corrected chi connectivity index (χ0v) is 24.8. The van der Waals surface area contributed by atoms with E-state index in [9.17, 15) is 9.59 Å². The van der Waals surface area contributed by atoms with Crippen LogP contribution >= 0.6 is 11.3 Å². The van der Waals surface area contributed by atoms with Gasteiger partial charge in [0.25, 0.3) is 11.5 Å². The number of allylic oxidation sites excluding steroid dienone is 1. The molecular weight excluding hydrogens is 554 g/mol. The van der Waals surface area contributed by atoms with Crippen LogP contribution in [0.25, 0.3) is 6.08 Å². The molecule has 1 aliphatic rings. The zero-order chi connectivity index (χ0) is 29.8. The summed E-state index contributed by atoms with van der Waals surface area (Å²) in [6.45, 7) is 4.23. The van der Waals surface area contributed by atoms with E-state index in [-0.39, 0.29) is 11.5 Å². The topological polar surface area (TPSA) is 100 Å². The van der Waals surface area contributed by atoms with Crippen molar-refractivity contribution in [1.29, 1.82) is 0 Å². The molecule has 3 aromatic carbocycles. The fourth-order valence-corrected chi connectivity index (χ4v) is 5.94. The molecule has 42 heavy (non-hydrogen) atoms. The lowest BCUT2D eigenvalue weighted by molar-refractivity contribution is -0.113. The maximum absolute atomic E-state index is 14.1. The fourth-order valence-electron chi connectivity index (χ4n) is 4.90. The van der Waals surface area contributed by atoms with Gasteiger partial charge in [0.05, 0.1) is 49.8 Å². The van der Waals surface area contributed by atoms with E-state index in [1.54, 1.807) is 29.7 Å². The van der Waals surface area contributed by atoms with E-state index in [0.717, 1.165) is 5.56 Å². The molecule has 1 N–H and O–H groups in total. The summed E-state index contributed by atoms with van der Waals surface area (Å²) in [6, 6.07) is 19.5. The van der Waals surface area contributed by atoms with E-state index in [1.807, 2.05) is 61.5 Å². The number of fused-ring (bicyclic) bond motifs is 1. The minimum Gasteiger partial charge on any atom is -0.494 e. The van der Waals surface area contributed by atoms with Gasteiger partial charge in [-0.05, 0) is 67.4 Å². The fraction of sp³-hybridized carbons (Fsp3) is 0.219. The van der Waals surface area contributed by atoms with Gasteiger partial charge in [0.2, 0.25) is 5.75 Å². The molecule has 0 saturated heterocycles. The number of aromatic nitrogens is 1. The molecule has 0 spiro atoms. The number of anilines is 1. The molecule has 0 saturated carbocycles. The van der Waals surface area contributed by atoms with Crippen LogP contribution in [0, 0.1) is 0 Å². The van der Waals surface area contributed by atoms with Crippen molar-refractivity contribution in [2.75, 3.05) is 33.3 Å². The first-order valence-corrected chi connectivity index (χ1v) is 14.1. The van der Waals surface area contributed by atoms with E-state index in [0.29, 0.717) is 61.5 Å². The number of hydrogen-bond acceptors (Lipinski definition) is 8. The summed E-state index contributed by atoms with van der Waals surface area (Å²) in [6.07, 6.45) is 1.76. The Balaban J connectivity index is 1.67. The third kappa shape index (κ3) is 5.53. The molecule has 10 heteroatoms. The van der Waals surface area contributed by atoms with E-state index in [4.69, 9.17) is 23.9 Å². The first-order chi connectivity index (χ1) is 20.4. The minimum absolute atomic E-state index is 0.274. The Bertz CT molecular complexity index is 1800. The lowest BCUT2D eigenvalue weighted by Gasteiger charge is -2.25. The quantitative estimate of drug-likeness (QED) is 0.315. The van der Waals surface area contributed by atoms with Crippen molar-refractivity contribution >= 4 is 29.0 Å². The van der Waals surface area contributed by atoms with Gasteiger partial charge in [-0.3, -0.25) is 14.2 Å². The van der Waals surface area contributed by atoms with Gasteiger partial charge in [0.15, 0.2) is 16.3 Å². The van der Waals surface area contributed by atoms with Crippen LogP contribution in [0.15, 0.2) is 87.8 Å². The summed E-state index contributed by atoms with van der Waals surface area (Å²) in [5.41, 5.74) is 2.73. The number of carbonyl (C=O) groups is 1. The van der Waals surface area contributed by atoms with E-state index in [2.05, 4.69) is 5.32 Å². The van der Waals surface area contributed by atoms with Gasteiger partial charge in [-0.1, -0.05) is 41.7 Å². The first kappa shape index (κ1) is 28.7. The number of para-hydroxylation sites is 1. The molecule has 9 nitrogen and oxygen atoms in total. The Hall–Kier alpha value is -4.83. The highest BCUT2D eigenvalue weighted by Crippen LogP contribution is 2.38. The van der Waals surface area contributed by atoms with E-state index in [1.165, 1.54) is 32.7 Å². The average Bonchev–Trinajstić information content (AvgIpc) is 3.30. The maximum Gasteiger partial charge on any atom is 0.271 e. The largest absolute Gasteiger partial charge is 0.494 e. The third-order valence-corrected chi connectivity index (χ3v) is 7.77. The van der Waals surface area contributed by atoms with Crippen LogP contribution in [0.4, 0.5) is 5.69 Å². The smallest absolute Gasteiger partial charge is 0.271 e. The number of carbonyl (C=O) groups excluding carboxylic acids is 1. The van der Waals surface area contributed by atoms with Gasteiger partial charge < -0.3 is 24.3 Å². The van der Waals surface area contributed by atoms with E-state index >= 15 is 0 Å². The molecule has 5 rings (SSSR count). The van der Waals surface area contributed by atoms with Gasteiger partial charge in [0.1, 0.15) is 5.75 Å². The zero-order valence-electron chi connectivity index (χ0n) is 24.0. The van der Waals surface area contributed by atoms with Gasteiger partial charge in [-0.15, -0.1) is 0 Å². The third-order valence-electron chi connectivity index (χ3n) is 6.79. The van der Waals surface area contributed by atoms with Gasteiger partial charge >= 0.3 is 0 Å². The number of amides is 1. The van der Waals surface area contributed by atoms with Crippen LogP contribution in [0.1, 0.15) is 31.0 Å². The van der Waals surface area contributed by atoms with Crippen LogP contribution in [-0.4, -0.2) is 38.4 Å². The Morgan fingerprint density at radius 1 is 1.00 bits per heavy atom. The summed E-state index contributed by atoms with van der Waals surface area (Å²) in [7, 11) is 4.61. The predicted molar refractivity (Wildman–Crippen MR) is 163 cm³/mol. The number of nitrogens with one attached hydrogen (secondary N) is 1. The van der Waals surface area contributed by atoms with Crippen molar-refractivity contribution in [3.63, 3.8) is 0 Å². The van der Waals surface area contributed by atoms with Crippen LogP contribution in [0.2, 0.25) is 0 Å². The van der Waals surface area contributed by atoms with Crippen molar-refractivity contribution in [3.05, 3.63) is 109 Å². The number of ether oxygens (including phenoxy) is 4. The minimum atomic E-state index is -0.706. The molecule has 1 aromatic heterocycles. The average molecular weight is 586 g/mol. The second-order valence-electron chi connectivity index (χ2n) is 9.36. The molecule has 216 valence electrons. The number of methoxy groups -OCH3 is 3. The van der Waals surface area contributed by atoms with Crippen LogP contribution < -0.4 is 39.2 Å². The van der Waals surface area contributed by atoms with E-state index < -0.39 is 6.04 Å². The van der Waals surface area contributed by atoms with Gasteiger partial charge in [0, 0.05) is 5.69 Å². The first-order valence-electron chi connectivity index (χ1n) is 13.3. The highest BCUT2D eigenvalue weighted by molar-refractivity contribution is 7.07. The predicted octanol–water partition coefficient (Wildman–Crippen LogP) is 4.30. The summed E-state index contributed by atoms with van der Waals surface area (Å²) >= 11 is 1.25. The Kier molecular flexibility index (Phi) is 8.44. The van der Waals surface area contributed by atoms with Crippen LogP contribution in [-0.2, 0) is 4.79 Å². The molecule has 0 bridgehead atoms. The summed E-state index contributed by atoms with van der Waals surface area (Å²) < 4.78 is 24.1.